The minimum Gasteiger partial charge on any atom is -0.314 e. The number of fused-ring (bicyclic) bond motifs is 1. The number of piperidine rings is 2. The third kappa shape index (κ3) is 2.31. The molecule has 0 radical (unpaired) electrons. The maximum absolute atomic E-state index is 3.68. The van der Waals surface area contributed by atoms with Gasteiger partial charge in [-0.15, -0.1) is 0 Å². The highest BCUT2D eigenvalue weighted by Gasteiger charge is 2.30. The van der Waals surface area contributed by atoms with E-state index in [0.29, 0.717) is 0 Å². The molecule has 0 aromatic carbocycles. The van der Waals surface area contributed by atoms with Crippen molar-refractivity contribution in [1.29, 1.82) is 0 Å². The molecule has 3 heteroatoms. The quantitative estimate of drug-likeness (QED) is 0.848. The van der Waals surface area contributed by atoms with Crippen LogP contribution in [0.1, 0.15) is 24.8 Å². The van der Waals surface area contributed by atoms with Crippen LogP contribution in [-0.2, 0) is 6.54 Å². The summed E-state index contributed by atoms with van der Waals surface area (Å²) in [6.07, 6.45) is 4.14. The van der Waals surface area contributed by atoms with E-state index in [9.17, 15) is 0 Å². The maximum atomic E-state index is 3.68. The van der Waals surface area contributed by atoms with Gasteiger partial charge in [-0.3, -0.25) is 4.90 Å². The normalized spacial score (nSPS) is 31.2. The molecule has 1 N–H and O–H groups in total. The summed E-state index contributed by atoms with van der Waals surface area (Å²) >= 11 is 1.81. The number of thiophene rings is 1. The second-order valence-corrected chi connectivity index (χ2v) is 5.90. The minimum absolute atomic E-state index is 0.812. The Balaban J connectivity index is 1.58. The standard InChI is InChI=1S/C13H20N2S/c1-2-12-9-15(6-3-13(12)14-5-1)8-11-4-7-16-10-11/h4,7,10,12-14H,1-3,5-6,8-9H2. The number of hydrogen-bond acceptors (Lipinski definition) is 3. The highest BCUT2D eigenvalue weighted by Crippen LogP contribution is 2.25. The molecule has 3 rings (SSSR count). The fourth-order valence-corrected chi connectivity index (χ4v) is 3.76. The monoisotopic (exact) mass is 236 g/mol. The number of hydrogen-bond donors (Lipinski definition) is 1. The first-order valence-corrected chi connectivity index (χ1v) is 7.33. The smallest absolute Gasteiger partial charge is 0.0242 e. The topological polar surface area (TPSA) is 15.3 Å². The van der Waals surface area contributed by atoms with E-state index in [4.69, 9.17) is 0 Å². The van der Waals surface area contributed by atoms with Gasteiger partial charge in [0, 0.05) is 19.1 Å². The summed E-state index contributed by atoms with van der Waals surface area (Å²) in [5.41, 5.74) is 1.49. The Kier molecular flexibility index (Phi) is 3.27. The number of likely N-dealkylation sites (tertiary alicyclic amines) is 1. The van der Waals surface area contributed by atoms with Crippen molar-refractivity contribution in [2.24, 2.45) is 5.92 Å². The third-order valence-electron chi connectivity index (χ3n) is 3.96. The van der Waals surface area contributed by atoms with Gasteiger partial charge in [0.2, 0.25) is 0 Å². The molecule has 0 bridgehead atoms. The largest absolute Gasteiger partial charge is 0.314 e. The van der Waals surface area contributed by atoms with Crippen LogP contribution >= 0.6 is 11.3 Å². The van der Waals surface area contributed by atoms with Crippen LogP contribution in [0.3, 0.4) is 0 Å². The molecule has 3 heterocycles. The van der Waals surface area contributed by atoms with E-state index in [1.165, 1.54) is 44.5 Å². The summed E-state index contributed by atoms with van der Waals surface area (Å²) in [5.74, 6) is 0.904. The molecule has 16 heavy (non-hydrogen) atoms. The third-order valence-corrected chi connectivity index (χ3v) is 4.69. The summed E-state index contributed by atoms with van der Waals surface area (Å²) in [4.78, 5) is 2.64. The van der Waals surface area contributed by atoms with E-state index in [1.54, 1.807) is 0 Å². The fourth-order valence-electron chi connectivity index (χ4n) is 3.10. The SMILES string of the molecule is c1cc(CN2CCC3NCCCC3C2)cs1. The first-order chi connectivity index (χ1) is 7.92. The Hall–Kier alpha value is -0.380. The average molecular weight is 236 g/mol. The van der Waals surface area contributed by atoms with Gasteiger partial charge in [-0.2, -0.15) is 11.3 Å². The number of nitrogens with one attached hydrogen (secondary N) is 1. The summed E-state index contributed by atoms with van der Waals surface area (Å²) in [6.45, 7) is 4.97. The predicted molar refractivity (Wildman–Crippen MR) is 68.7 cm³/mol. The molecule has 0 aliphatic carbocycles. The molecule has 2 saturated heterocycles. The summed E-state index contributed by atoms with van der Waals surface area (Å²) < 4.78 is 0. The Labute approximate surface area is 102 Å². The molecule has 88 valence electrons. The lowest BCUT2D eigenvalue weighted by Crippen LogP contribution is -2.51. The molecule has 0 amide bonds. The van der Waals surface area contributed by atoms with E-state index in [2.05, 4.69) is 27.0 Å². The Morgan fingerprint density at radius 2 is 2.44 bits per heavy atom. The second kappa shape index (κ2) is 4.86. The molecule has 1 aromatic heterocycles. The first-order valence-electron chi connectivity index (χ1n) is 6.38. The van der Waals surface area contributed by atoms with Crippen LogP contribution in [0.25, 0.3) is 0 Å². The van der Waals surface area contributed by atoms with Crippen molar-refractivity contribution in [3.05, 3.63) is 22.4 Å². The van der Waals surface area contributed by atoms with Crippen molar-refractivity contribution in [3.63, 3.8) is 0 Å². The highest BCUT2D eigenvalue weighted by molar-refractivity contribution is 7.07. The van der Waals surface area contributed by atoms with E-state index in [1.807, 2.05) is 11.3 Å². The molecular formula is C13H20N2S. The van der Waals surface area contributed by atoms with Gasteiger partial charge in [0.05, 0.1) is 0 Å². The Morgan fingerprint density at radius 1 is 1.44 bits per heavy atom. The molecule has 2 aliphatic heterocycles. The van der Waals surface area contributed by atoms with Gasteiger partial charge in [0.15, 0.2) is 0 Å². The van der Waals surface area contributed by atoms with Crippen LogP contribution in [0.15, 0.2) is 16.8 Å². The van der Waals surface area contributed by atoms with Crippen LogP contribution in [0.5, 0.6) is 0 Å². The lowest BCUT2D eigenvalue weighted by Gasteiger charge is -2.41. The maximum Gasteiger partial charge on any atom is 0.0242 e. The minimum atomic E-state index is 0.812. The van der Waals surface area contributed by atoms with Crippen molar-refractivity contribution >= 4 is 11.3 Å². The molecule has 2 fully saturated rings. The second-order valence-electron chi connectivity index (χ2n) is 5.12. The molecule has 2 aliphatic rings. The molecule has 2 atom stereocenters. The van der Waals surface area contributed by atoms with Gasteiger partial charge < -0.3 is 5.32 Å². The van der Waals surface area contributed by atoms with Gasteiger partial charge in [-0.1, -0.05) is 0 Å². The fraction of sp³-hybridized carbons (Fsp3) is 0.692. The molecule has 2 unspecified atom stereocenters. The van der Waals surface area contributed by atoms with E-state index >= 15 is 0 Å². The summed E-state index contributed by atoms with van der Waals surface area (Å²) in [6, 6.07) is 3.07. The molecule has 1 aromatic rings. The summed E-state index contributed by atoms with van der Waals surface area (Å²) in [5, 5.41) is 8.14. The van der Waals surface area contributed by atoms with Crippen molar-refractivity contribution in [3.8, 4) is 0 Å². The van der Waals surface area contributed by atoms with E-state index in [-0.39, 0.29) is 0 Å². The molecule has 2 nitrogen and oxygen atoms in total. The van der Waals surface area contributed by atoms with Crippen LogP contribution < -0.4 is 5.32 Å². The van der Waals surface area contributed by atoms with Gasteiger partial charge in [-0.05, 0) is 60.7 Å². The van der Waals surface area contributed by atoms with Crippen LogP contribution in [0.2, 0.25) is 0 Å². The molecular weight excluding hydrogens is 216 g/mol. The average Bonchev–Trinajstić information content (AvgIpc) is 2.82. The molecule has 0 saturated carbocycles. The van der Waals surface area contributed by atoms with Crippen LogP contribution in [0, 0.1) is 5.92 Å². The first kappa shape index (κ1) is 10.8. The van der Waals surface area contributed by atoms with Gasteiger partial charge in [0.1, 0.15) is 0 Å². The Morgan fingerprint density at radius 3 is 3.31 bits per heavy atom. The number of nitrogens with zero attached hydrogens (tertiary/aromatic N) is 1. The van der Waals surface area contributed by atoms with Crippen LogP contribution in [-0.4, -0.2) is 30.6 Å². The van der Waals surface area contributed by atoms with Crippen LogP contribution in [0.4, 0.5) is 0 Å². The van der Waals surface area contributed by atoms with E-state index < -0.39 is 0 Å². The zero-order valence-electron chi connectivity index (χ0n) is 9.69. The van der Waals surface area contributed by atoms with Gasteiger partial charge in [-0.25, -0.2) is 0 Å². The van der Waals surface area contributed by atoms with Crippen molar-refractivity contribution in [2.45, 2.75) is 31.8 Å². The van der Waals surface area contributed by atoms with Gasteiger partial charge in [0.25, 0.3) is 0 Å². The predicted octanol–water partition coefficient (Wildman–Crippen LogP) is 2.32. The zero-order chi connectivity index (χ0) is 10.8. The number of rotatable bonds is 2. The Bertz CT molecular complexity index is 323. The van der Waals surface area contributed by atoms with Crippen molar-refractivity contribution < 1.29 is 0 Å². The highest BCUT2D eigenvalue weighted by atomic mass is 32.1. The van der Waals surface area contributed by atoms with E-state index in [0.717, 1.165) is 18.5 Å². The zero-order valence-corrected chi connectivity index (χ0v) is 10.5. The lowest BCUT2D eigenvalue weighted by molar-refractivity contribution is 0.109. The van der Waals surface area contributed by atoms with Gasteiger partial charge >= 0.3 is 0 Å². The molecule has 0 spiro atoms. The summed E-state index contributed by atoms with van der Waals surface area (Å²) in [7, 11) is 0. The van der Waals surface area contributed by atoms with Crippen molar-refractivity contribution in [2.75, 3.05) is 19.6 Å². The van der Waals surface area contributed by atoms with Crippen molar-refractivity contribution in [1.82, 2.24) is 10.2 Å². The lowest BCUT2D eigenvalue weighted by atomic mass is 9.85.